The Morgan fingerprint density at radius 2 is 2.46 bits per heavy atom. The van der Waals surface area contributed by atoms with Gasteiger partial charge < -0.3 is 10.5 Å². The van der Waals surface area contributed by atoms with Crippen molar-refractivity contribution in [3.63, 3.8) is 0 Å². The van der Waals surface area contributed by atoms with Gasteiger partial charge in [-0.1, -0.05) is 11.6 Å². The number of pyridine rings is 1. The highest BCUT2D eigenvalue weighted by atomic mass is 35.5. The third kappa shape index (κ3) is 2.09. The molecule has 0 aliphatic rings. The molecule has 0 fully saturated rings. The average molecular weight is 201 g/mol. The number of nitrogens with zero attached hydrogens (tertiary/aromatic N) is 1. The summed E-state index contributed by atoms with van der Waals surface area (Å²) in [5.74, 6) is 0. The van der Waals surface area contributed by atoms with E-state index in [0.29, 0.717) is 11.3 Å². The minimum absolute atomic E-state index is 0.285. The minimum Gasteiger partial charge on any atom is -0.441 e. The molecule has 0 aromatic carbocycles. The first-order valence-electron chi connectivity index (χ1n) is 3.58. The summed E-state index contributed by atoms with van der Waals surface area (Å²) in [7, 11) is 0. The molecule has 0 saturated carbocycles. The first-order chi connectivity index (χ1) is 6.08. The van der Waals surface area contributed by atoms with Crippen molar-refractivity contribution in [1.29, 1.82) is 0 Å². The molecule has 1 rings (SSSR count). The topological polar surface area (TPSA) is 65.2 Å². The monoisotopic (exact) mass is 200 g/mol. The number of carbonyl (C=O) groups excluding carboxylic acids is 1. The lowest BCUT2D eigenvalue weighted by Crippen LogP contribution is -2.19. The zero-order valence-corrected chi connectivity index (χ0v) is 7.78. The molecule has 1 unspecified atom stereocenters. The van der Waals surface area contributed by atoms with Crippen LogP contribution in [0.15, 0.2) is 18.5 Å². The molecule has 0 radical (unpaired) electrons. The Hall–Kier alpha value is -1.29. The third-order valence-electron chi connectivity index (χ3n) is 1.60. The van der Waals surface area contributed by atoms with Crippen molar-refractivity contribution in [2.75, 3.05) is 5.73 Å². The average Bonchev–Trinajstić information content (AvgIpc) is 2.04. The quantitative estimate of drug-likeness (QED) is 0.589. The van der Waals surface area contributed by atoms with Crippen LogP contribution in [0.3, 0.4) is 0 Å². The summed E-state index contributed by atoms with van der Waals surface area (Å²) in [6.07, 6.45) is 2.98. The largest absolute Gasteiger partial charge is 0.441 e. The number of alkyl halides is 1. The summed E-state index contributed by atoms with van der Waals surface area (Å²) >= 11 is 5.91. The molecule has 0 bridgehead atoms. The number of ether oxygens (including phenoxy) is 1. The normalized spacial score (nSPS) is 14.6. The molecule has 1 aromatic heterocycles. The van der Waals surface area contributed by atoms with E-state index in [1.165, 1.54) is 19.3 Å². The van der Waals surface area contributed by atoms with Gasteiger partial charge in [-0.3, -0.25) is 9.78 Å². The molecule has 0 aliphatic carbocycles. The Morgan fingerprint density at radius 3 is 3.00 bits per heavy atom. The van der Waals surface area contributed by atoms with Gasteiger partial charge in [0.05, 0.1) is 11.9 Å². The molecule has 1 aromatic rings. The first kappa shape index (κ1) is 9.80. The summed E-state index contributed by atoms with van der Waals surface area (Å²) in [4.78, 5) is 13.9. The van der Waals surface area contributed by atoms with Crippen LogP contribution in [0.25, 0.3) is 0 Å². The molecule has 0 saturated heterocycles. The van der Waals surface area contributed by atoms with Crippen molar-refractivity contribution in [2.45, 2.75) is 12.0 Å². The van der Waals surface area contributed by atoms with Crippen molar-refractivity contribution in [1.82, 2.24) is 4.98 Å². The van der Waals surface area contributed by atoms with Crippen LogP contribution in [0.4, 0.5) is 5.69 Å². The Bertz CT molecular complexity index is 315. The lowest BCUT2D eigenvalue weighted by atomic mass is 10.1. The minimum atomic E-state index is -1.23. The number of aromatic nitrogens is 1. The Balaban J connectivity index is 3.06. The molecule has 0 spiro atoms. The van der Waals surface area contributed by atoms with E-state index < -0.39 is 5.06 Å². The van der Waals surface area contributed by atoms with Crippen LogP contribution in [0.1, 0.15) is 12.5 Å². The van der Waals surface area contributed by atoms with Gasteiger partial charge in [-0.25, -0.2) is 0 Å². The Morgan fingerprint density at radius 1 is 1.77 bits per heavy atom. The summed E-state index contributed by atoms with van der Waals surface area (Å²) in [6.45, 7) is 1.82. The number of halogens is 1. The summed E-state index contributed by atoms with van der Waals surface area (Å²) in [6, 6.07) is 1.60. The van der Waals surface area contributed by atoms with Gasteiger partial charge in [0.25, 0.3) is 6.47 Å². The first-order valence-corrected chi connectivity index (χ1v) is 3.96. The van der Waals surface area contributed by atoms with Crippen LogP contribution in [0.5, 0.6) is 0 Å². The van der Waals surface area contributed by atoms with Crippen LogP contribution in [-0.2, 0) is 14.6 Å². The lowest BCUT2D eigenvalue weighted by molar-refractivity contribution is -0.135. The number of hydrogen-bond acceptors (Lipinski definition) is 4. The number of nitrogen functional groups attached to an aromatic ring is 1. The molecule has 1 heterocycles. The second kappa shape index (κ2) is 3.62. The summed E-state index contributed by atoms with van der Waals surface area (Å²) in [5, 5.41) is -1.23. The predicted octanol–water partition coefficient (Wildman–Crippen LogP) is 1.25. The molecule has 2 N–H and O–H groups in total. The van der Waals surface area contributed by atoms with Gasteiger partial charge in [0.15, 0.2) is 0 Å². The second-order valence-corrected chi connectivity index (χ2v) is 3.32. The van der Waals surface area contributed by atoms with Gasteiger partial charge in [-0.15, -0.1) is 0 Å². The van der Waals surface area contributed by atoms with Gasteiger partial charge in [0.1, 0.15) is 0 Å². The van der Waals surface area contributed by atoms with Crippen LogP contribution < -0.4 is 5.73 Å². The van der Waals surface area contributed by atoms with Crippen molar-refractivity contribution >= 4 is 23.8 Å². The Labute approximate surface area is 80.7 Å². The van der Waals surface area contributed by atoms with Crippen molar-refractivity contribution in [3.05, 3.63) is 24.0 Å². The van der Waals surface area contributed by atoms with E-state index in [9.17, 15) is 4.79 Å². The smallest absolute Gasteiger partial charge is 0.295 e. The third-order valence-corrected chi connectivity index (χ3v) is 1.90. The van der Waals surface area contributed by atoms with Crippen LogP contribution >= 0.6 is 11.6 Å². The molecule has 0 aliphatic heterocycles. The number of anilines is 1. The maximum absolute atomic E-state index is 10.1. The number of rotatable bonds is 3. The molecule has 1 atom stereocenters. The van der Waals surface area contributed by atoms with Gasteiger partial charge in [0, 0.05) is 11.8 Å². The maximum Gasteiger partial charge on any atom is 0.295 e. The van der Waals surface area contributed by atoms with E-state index >= 15 is 0 Å². The standard InChI is InChI=1S/C8H9ClN2O2/c1-8(9,13-5-12)6-2-3-11-4-7(6)10/h2-5H,10H2,1H3. The van der Waals surface area contributed by atoms with Gasteiger partial charge >= 0.3 is 0 Å². The van der Waals surface area contributed by atoms with Crippen LogP contribution in [0.2, 0.25) is 0 Å². The predicted molar refractivity (Wildman–Crippen MR) is 49.0 cm³/mol. The van der Waals surface area contributed by atoms with Gasteiger partial charge in [-0.05, 0) is 13.0 Å². The van der Waals surface area contributed by atoms with E-state index in [1.54, 1.807) is 6.07 Å². The van der Waals surface area contributed by atoms with E-state index in [4.69, 9.17) is 17.3 Å². The number of hydrogen-bond donors (Lipinski definition) is 1. The highest BCUT2D eigenvalue weighted by molar-refractivity contribution is 6.23. The molecule has 0 amide bonds. The summed E-state index contributed by atoms with van der Waals surface area (Å²) in [5.41, 5.74) is 6.51. The van der Waals surface area contributed by atoms with Crippen molar-refractivity contribution < 1.29 is 9.53 Å². The Kier molecular flexibility index (Phi) is 2.72. The zero-order valence-electron chi connectivity index (χ0n) is 7.03. The molecule has 5 heteroatoms. The fraction of sp³-hybridized carbons (Fsp3) is 0.250. The molecular weight excluding hydrogens is 192 g/mol. The highest BCUT2D eigenvalue weighted by Crippen LogP contribution is 2.32. The van der Waals surface area contributed by atoms with E-state index in [1.807, 2.05) is 0 Å². The lowest BCUT2D eigenvalue weighted by Gasteiger charge is -2.21. The molecule has 70 valence electrons. The van der Waals surface area contributed by atoms with E-state index in [-0.39, 0.29) is 6.47 Å². The van der Waals surface area contributed by atoms with E-state index in [0.717, 1.165) is 0 Å². The fourth-order valence-electron chi connectivity index (χ4n) is 0.967. The molecular formula is C8H9ClN2O2. The molecule has 13 heavy (non-hydrogen) atoms. The maximum atomic E-state index is 10.1. The second-order valence-electron chi connectivity index (χ2n) is 2.59. The summed E-state index contributed by atoms with van der Waals surface area (Å²) < 4.78 is 4.67. The van der Waals surface area contributed by atoms with E-state index in [2.05, 4.69) is 9.72 Å². The highest BCUT2D eigenvalue weighted by Gasteiger charge is 2.27. The van der Waals surface area contributed by atoms with Gasteiger partial charge in [0.2, 0.25) is 5.06 Å². The number of nitrogens with two attached hydrogens (primary N) is 1. The van der Waals surface area contributed by atoms with Crippen LogP contribution in [0, 0.1) is 0 Å². The fourth-order valence-corrected chi connectivity index (χ4v) is 1.18. The van der Waals surface area contributed by atoms with Crippen molar-refractivity contribution in [3.8, 4) is 0 Å². The van der Waals surface area contributed by atoms with Crippen LogP contribution in [-0.4, -0.2) is 11.5 Å². The zero-order chi connectivity index (χ0) is 9.90. The SMILES string of the molecule is CC(Cl)(OC=O)c1ccncc1N. The van der Waals surface area contributed by atoms with Crippen molar-refractivity contribution in [2.24, 2.45) is 0 Å². The number of carbonyl (C=O) groups is 1. The van der Waals surface area contributed by atoms with Gasteiger partial charge in [-0.2, -0.15) is 0 Å². The molecule has 4 nitrogen and oxygen atoms in total.